The highest BCUT2D eigenvalue weighted by molar-refractivity contribution is 6.66. The summed E-state index contributed by atoms with van der Waals surface area (Å²) in [7, 11) is -3.12. The van der Waals surface area contributed by atoms with Crippen LogP contribution in [-0.4, -0.2) is 145 Å². The molecule has 0 aliphatic carbocycles. The van der Waals surface area contributed by atoms with E-state index < -0.39 is 35.3 Å². The zero-order valence-corrected chi connectivity index (χ0v) is 33.0. The van der Waals surface area contributed by atoms with Crippen molar-refractivity contribution in [1.82, 2.24) is 25.0 Å². The standard InChI is InChI=1S/C32H61B6N8O7/c1-32(2)24-40-29(46(25-32)38(7)52)27-16-18-28(19-17-27)53-23-15-14-22-45(37(6)51)31(43-35(4)49)44(36(5)50)21-13-11-9-8-10-12-20-39-30(41-33-26-47)42-34(3)48/h16-19,26,48-52H,8-15,20-25H2,1-7H3,(H2,39,41,42). The number of rotatable bonds is 23. The number of aliphatic imine (C=N–C) groups is 1. The minimum Gasteiger partial charge on any atom is -0.494 e. The Bertz CT molecular complexity index is 1290. The van der Waals surface area contributed by atoms with Crippen molar-refractivity contribution in [2.45, 2.75) is 99.3 Å². The van der Waals surface area contributed by atoms with E-state index in [1.807, 2.05) is 29.1 Å². The summed E-state index contributed by atoms with van der Waals surface area (Å²) in [5.41, 5.74) is 0.920. The Hall–Kier alpha value is -3.11. The molecule has 2 rings (SSSR count). The molecule has 1 aromatic rings. The monoisotopic (exact) mass is 736 g/mol. The van der Waals surface area contributed by atoms with Crippen LogP contribution in [-0.2, 0) is 4.79 Å². The maximum atomic E-state index is 10.8. The molecular weight excluding hydrogens is 673 g/mol. The summed E-state index contributed by atoms with van der Waals surface area (Å²) in [5.74, 6) is 2.21. The fourth-order valence-electron chi connectivity index (χ4n) is 5.95. The molecule has 289 valence electrons. The SMILES string of the molecule is CB(O)N=C(N(CCCCCCCCNC(=N[B]C=O)NB(C)O)B(C)O)N(CCCCOc1ccc(C2=NCC(C)(C)CN2B(C)O)cc1)B(C)O. The van der Waals surface area contributed by atoms with Gasteiger partial charge in [0.1, 0.15) is 17.8 Å². The second-order valence-electron chi connectivity index (χ2n) is 14.5. The number of nitrogens with one attached hydrogen (secondary N) is 2. The molecule has 1 aromatic carbocycles. The predicted molar refractivity (Wildman–Crippen MR) is 222 cm³/mol. The first-order valence-corrected chi connectivity index (χ1v) is 19.1. The van der Waals surface area contributed by atoms with Crippen LogP contribution in [0, 0.1) is 5.41 Å². The minimum atomic E-state index is -1.02. The number of guanidine groups is 2. The third kappa shape index (κ3) is 17.7. The highest BCUT2D eigenvalue weighted by Crippen LogP contribution is 2.26. The minimum absolute atomic E-state index is 0.00843. The first-order chi connectivity index (χ1) is 25.1. The Morgan fingerprint density at radius 3 is 2.06 bits per heavy atom. The lowest BCUT2D eigenvalue weighted by Gasteiger charge is -2.39. The highest BCUT2D eigenvalue weighted by atomic mass is 16.5. The van der Waals surface area contributed by atoms with Gasteiger partial charge >= 0.3 is 42.7 Å². The summed E-state index contributed by atoms with van der Waals surface area (Å²) in [6.45, 7) is 15.9. The van der Waals surface area contributed by atoms with Gasteiger partial charge in [-0.25, -0.2) is 0 Å². The third-order valence-electron chi connectivity index (χ3n) is 8.60. The number of benzene rings is 1. The second-order valence-corrected chi connectivity index (χ2v) is 14.5. The molecule has 1 aliphatic rings. The van der Waals surface area contributed by atoms with Crippen molar-refractivity contribution in [3.63, 3.8) is 0 Å². The van der Waals surface area contributed by atoms with E-state index in [9.17, 15) is 29.9 Å². The maximum absolute atomic E-state index is 10.8. The molecule has 0 atom stereocenters. The van der Waals surface area contributed by atoms with Crippen LogP contribution in [0.25, 0.3) is 0 Å². The van der Waals surface area contributed by atoms with Gasteiger partial charge in [-0.05, 0) is 84.1 Å². The quantitative estimate of drug-likeness (QED) is 0.0279. The lowest BCUT2D eigenvalue weighted by Crippen LogP contribution is -2.56. The van der Waals surface area contributed by atoms with Crippen LogP contribution < -0.4 is 15.3 Å². The van der Waals surface area contributed by atoms with E-state index in [0.717, 1.165) is 69.6 Å². The molecule has 53 heavy (non-hydrogen) atoms. The van der Waals surface area contributed by atoms with E-state index in [1.165, 1.54) is 0 Å². The molecule has 0 saturated heterocycles. The van der Waals surface area contributed by atoms with Gasteiger partial charge in [-0.1, -0.05) is 39.5 Å². The fourth-order valence-corrected chi connectivity index (χ4v) is 5.95. The van der Waals surface area contributed by atoms with Crippen LogP contribution in [0.4, 0.5) is 0 Å². The average molecular weight is 735 g/mol. The van der Waals surface area contributed by atoms with Gasteiger partial charge in [0, 0.05) is 43.7 Å². The van der Waals surface area contributed by atoms with E-state index in [1.54, 1.807) is 43.7 Å². The topological polar surface area (TPSA) is 198 Å². The van der Waals surface area contributed by atoms with Crippen LogP contribution in [0.1, 0.15) is 70.8 Å². The summed E-state index contributed by atoms with van der Waals surface area (Å²) in [6, 6.07) is 7.74. The van der Waals surface area contributed by atoms with Crippen LogP contribution in [0.3, 0.4) is 0 Å². The Labute approximate surface area is 320 Å². The van der Waals surface area contributed by atoms with Crippen LogP contribution >= 0.6 is 0 Å². The van der Waals surface area contributed by atoms with Gasteiger partial charge in [0.05, 0.1) is 6.61 Å². The van der Waals surface area contributed by atoms with Crippen molar-refractivity contribution in [3.8, 4) is 5.75 Å². The van der Waals surface area contributed by atoms with E-state index in [4.69, 9.17) is 9.73 Å². The van der Waals surface area contributed by atoms with Gasteiger partial charge < -0.3 is 64.5 Å². The van der Waals surface area contributed by atoms with E-state index in [2.05, 4.69) is 34.2 Å². The molecule has 1 radical (unpaired) electrons. The number of amidine groups is 1. The average Bonchev–Trinajstić information content (AvgIpc) is 3.08. The highest BCUT2D eigenvalue weighted by Gasteiger charge is 2.33. The van der Waals surface area contributed by atoms with Crippen LogP contribution in [0.15, 0.2) is 39.1 Å². The summed E-state index contributed by atoms with van der Waals surface area (Å²) in [5, 5.41) is 57.4. The van der Waals surface area contributed by atoms with Crippen molar-refractivity contribution < 1.29 is 34.7 Å². The largest absolute Gasteiger partial charge is 0.494 e. The van der Waals surface area contributed by atoms with Crippen molar-refractivity contribution in [3.05, 3.63) is 29.8 Å². The number of unbranched alkanes of at least 4 members (excludes halogenated alkanes) is 6. The Balaban J connectivity index is 1.85. The molecule has 15 nitrogen and oxygen atoms in total. The number of carbonyl (C=O) groups is 1. The summed E-state index contributed by atoms with van der Waals surface area (Å²) in [4.78, 5) is 29.0. The summed E-state index contributed by atoms with van der Waals surface area (Å²) in [6.07, 6.45) is 7.58. The fraction of sp³-hybridized carbons (Fsp3) is 0.688. The Morgan fingerprint density at radius 2 is 1.51 bits per heavy atom. The van der Waals surface area contributed by atoms with Gasteiger partial charge in [-0.15, -0.1) is 0 Å². The van der Waals surface area contributed by atoms with Crippen LogP contribution in [0.2, 0.25) is 34.1 Å². The molecular formula is C32H61B6N8O7. The normalized spacial score (nSPS) is 14.2. The first-order valence-electron chi connectivity index (χ1n) is 19.1. The van der Waals surface area contributed by atoms with E-state index >= 15 is 0 Å². The molecule has 21 heteroatoms. The van der Waals surface area contributed by atoms with Crippen molar-refractivity contribution in [1.29, 1.82) is 0 Å². The number of nitrogens with zero attached hydrogens (tertiary/aromatic N) is 6. The molecule has 7 N–H and O–H groups in total. The van der Waals surface area contributed by atoms with Gasteiger partial charge in [-0.2, -0.15) is 0 Å². The zero-order chi connectivity index (χ0) is 39.4. The molecule has 0 bridgehead atoms. The Kier molecular flexibility index (Phi) is 21.1. The number of hydrogen-bond acceptors (Lipinski definition) is 11. The van der Waals surface area contributed by atoms with E-state index in [-0.39, 0.29) is 5.41 Å². The molecule has 1 aliphatic heterocycles. The van der Waals surface area contributed by atoms with Gasteiger partial charge in [0.25, 0.3) is 0 Å². The van der Waals surface area contributed by atoms with Crippen molar-refractivity contribution in [2.75, 3.05) is 39.3 Å². The number of hydrogen-bond donors (Lipinski definition) is 7. The lowest BCUT2D eigenvalue weighted by atomic mass is 9.78. The number of ether oxygens (including phenoxy) is 1. The van der Waals surface area contributed by atoms with Crippen LogP contribution in [0.5, 0.6) is 5.75 Å². The predicted octanol–water partition coefficient (Wildman–Crippen LogP) is 1.13. The molecule has 0 amide bonds. The summed E-state index contributed by atoms with van der Waals surface area (Å²) >= 11 is 0. The summed E-state index contributed by atoms with van der Waals surface area (Å²) < 4.78 is 6.02. The molecule has 0 unspecified atom stereocenters. The van der Waals surface area contributed by atoms with Crippen molar-refractivity contribution >= 4 is 66.6 Å². The molecule has 1 heterocycles. The Morgan fingerprint density at radius 1 is 0.925 bits per heavy atom. The van der Waals surface area contributed by atoms with Gasteiger partial charge in [0.2, 0.25) is 0 Å². The zero-order valence-electron chi connectivity index (χ0n) is 33.0. The molecule has 0 spiro atoms. The van der Waals surface area contributed by atoms with Gasteiger partial charge in [-0.3, -0.25) is 9.90 Å². The maximum Gasteiger partial charge on any atom is 0.431 e. The smallest absolute Gasteiger partial charge is 0.431 e. The van der Waals surface area contributed by atoms with Crippen molar-refractivity contribution in [2.24, 2.45) is 20.2 Å². The molecule has 0 aromatic heterocycles. The first kappa shape index (κ1) is 46.0. The second kappa shape index (κ2) is 24.3. The molecule has 0 fully saturated rings. The molecule has 0 saturated carbocycles. The van der Waals surface area contributed by atoms with E-state index in [0.29, 0.717) is 63.7 Å². The third-order valence-corrected chi connectivity index (χ3v) is 8.60. The number of carbonyl (C=O) groups excluding carboxylic acids is 1. The lowest BCUT2D eigenvalue weighted by molar-refractivity contribution is 0.285. The van der Waals surface area contributed by atoms with Gasteiger partial charge in [0.15, 0.2) is 11.9 Å².